The molecule has 5 nitrogen and oxygen atoms in total. The summed E-state index contributed by atoms with van der Waals surface area (Å²) in [7, 11) is 0. The van der Waals surface area contributed by atoms with Crippen molar-refractivity contribution in [3.05, 3.63) is 83.4 Å². The molecule has 0 saturated carbocycles. The van der Waals surface area contributed by atoms with Gasteiger partial charge in [-0.2, -0.15) is 5.10 Å². The molecule has 122 valence electrons. The fourth-order valence-corrected chi connectivity index (χ4v) is 2.92. The second-order valence-electron chi connectivity index (χ2n) is 5.93. The third kappa shape index (κ3) is 2.92. The molecule has 2 aliphatic heterocycles. The highest BCUT2D eigenvalue weighted by Crippen LogP contribution is 2.31. The number of hydrogen-bond acceptors (Lipinski definition) is 3. The number of hydrogen-bond donors (Lipinski definition) is 1. The molecule has 0 atom stereocenters. The summed E-state index contributed by atoms with van der Waals surface area (Å²) in [4.78, 5) is 12.0. The van der Waals surface area contributed by atoms with Crippen molar-refractivity contribution in [1.82, 2.24) is 5.43 Å². The van der Waals surface area contributed by atoms with Crippen LogP contribution < -0.4 is 5.43 Å². The maximum Gasteiger partial charge on any atom is 0.273 e. The molecule has 0 bridgehead atoms. The first-order valence-corrected chi connectivity index (χ1v) is 8.12. The van der Waals surface area contributed by atoms with Gasteiger partial charge in [-0.3, -0.25) is 4.79 Å². The molecule has 0 unspecified atom stereocenters. The number of carbonyl (C=O) groups is 1. The first-order chi connectivity index (χ1) is 12.2. The van der Waals surface area contributed by atoms with Gasteiger partial charge < -0.3 is 0 Å². The molecule has 0 fully saturated rings. The Labute approximate surface area is 145 Å². The highest BCUT2D eigenvalue weighted by molar-refractivity contribution is 6.24. The number of benzene rings is 2. The van der Waals surface area contributed by atoms with Crippen LogP contribution in [0.4, 0.5) is 5.69 Å². The summed E-state index contributed by atoms with van der Waals surface area (Å²) in [6, 6.07) is 20.0. The Hall–Kier alpha value is -3.34. The third-order valence-electron chi connectivity index (χ3n) is 4.22. The van der Waals surface area contributed by atoms with Crippen LogP contribution in [0.1, 0.15) is 12.5 Å². The van der Waals surface area contributed by atoms with Crippen molar-refractivity contribution in [1.29, 1.82) is 0 Å². The average Bonchev–Trinajstić information content (AvgIpc) is 3.22. The minimum Gasteiger partial charge on any atom is -0.267 e. The summed E-state index contributed by atoms with van der Waals surface area (Å²) in [5, 5.41) is 8.80. The van der Waals surface area contributed by atoms with Gasteiger partial charge in [-0.25, -0.2) is 5.43 Å². The van der Waals surface area contributed by atoms with Gasteiger partial charge in [-0.15, -0.1) is 0 Å². The minimum absolute atomic E-state index is 0.171. The highest BCUT2D eigenvalue weighted by atomic mass is 16.2. The smallest absolute Gasteiger partial charge is 0.267 e. The van der Waals surface area contributed by atoms with Crippen LogP contribution in [0.3, 0.4) is 0 Å². The molecule has 0 aromatic heterocycles. The molecule has 2 aromatic rings. The van der Waals surface area contributed by atoms with Crippen LogP contribution in [-0.4, -0.2) is 22.9 Å². The van der Waals surface area contributed by atoms with E-state index < -0.39 is 0 Å². The van der Waals surface area contributed by atoms with Gasteiger partial charge >= 0.3 is 0 Å². The van der Waals surface area contributed by atoms with Crippen molar-refractivity contribution < 1.29 is 9.49 Å². The Bertz CT molecular complexity index is 954. The van der Waals surface area contributed by atoms with Crippen molar-refractivity contribution in [3.63, 3.8) is 0 Å². The Morgan fingerprint density at radius 1 is 1.04 bits per heavy atom. The first-order valence-electron chi connectivity index (χ1n) is 8.12. The van der Waals surface area contributed by atoms with E-state index in [1.54, 1.807) is 0 Å². The van der Waals surface area contributed by atoms with Gasteiger partial charge in [-0.05, 0) is 13.0 Å². The lowest BCUT2D eigenvalue weighted by atomic mass is 10.0. The van der Waals surface area contributed by atoms with Crippen LogP contribution in [0.5, 0.6) is 0 Å². The van der Waals surface area contributed by atoms with Gasteiger partial charge in [0, 0.05) is 22.8 Å². The van der Waals surface area contributed by atoms with Crippen LogP contribution in [0.15, 0.2) is 88.1 Å². The molecule has 25 heavy (non-hydrogen) atoms. The van der Waals surface area contributed by atoms with E-state index in [4.69, 9.17) is 5.11 Å². The number of nitrogens with one attached hydrogen (secondary N) is 1. The molecule has 1 N–H and O–H groups in total. The lowest BCUT2D eigenvalue weighted by Crippen LogP contribution is -2.13. The summed E-state index contributed by atoms with van der Waals surface area (Å²) in [6.45, 7) is 2.44. The highest BCUT2D eigenvalue weighted by Gasteiger charge is 2.28. The molecule has 0 aliphatic carbocycles. The standard InChI is InChI=1S/C20H16N4O/c1-14-18(20(25)22-21-14)12-16-13-24(17-10-6-3-7-11-17)23-19(16)15-8-4-2-5-9-15/h2-12H,13H2,1H3/p+1. The zero-order chi connectivity index (χ0) is 17.2. The molecule has 0 radical (unpaired) electrons. The molecule has 1 amide bonds. The topological polar surface area (TPSA) is 56.8 Å². The van der Waals surface area contributed by atoms with Gasteiger partial charge in [0.15, 0.2) is 0 Å². The van der Waals surface area contributed by atoms with Crippen LogP contribution in [0, 0.1) is 0 Å². The Balaban J connectivity index is 1.79. The van der Waals surface area contributed by atoms with Crippen molar-refractivity contribution in [2.45, 2.75) is 6.92 Å². The minimum atomic E-state index is -0.171. The van der Waals surface area contributed by atoms with Gasteiger partial charge in [0.25, 0.3) is 5.91 Å². The number of amides is 1. The van der Waals surface area contributed by atoms with Crippen LogP contribution in [-0.2, 0) is 4.79 Å². The molecule has 2 aliphatic rings. The first kappa shape index (κ1) is 15.2. The van der Waals surface area contributed by atoms with Crippen molar-refractivity contribution in [2.75, 3.05) is 6.54 Å². The van der Waals surface area contributed by atoms with Crippen molar-refractivity contribution in [2.24, 2.45) is 10.2 Å². The van der Waals surface area contributed by atoms with Crippen molar-refractivity contribution >= 4 is 23.0 Å². The van der Waals surface area contributed by atoms with Gasteiger partial charge in [-0.1, -0.05) is 53.2 Å². The zero-order valence-corrected chi connectivity index (χ0v) is 13.8. The molecule has 5 heteroatoms. The second kappa shape index (κ2) is 6.28. The number of azo groups is 2. The van der Waals surface area contributed by atoms with Crippen molar-refractivity contribution in [3.8, 4) is 0 Å². The molecule has 0 spiro atoms. The summed E-state index contributed by atoms with van der Waals surface area (Å²) >= 11 is 0. The van der Waals surface area contributed by atoms with E-state index in [0.717, 1.165) is 22.5 Å². The number of hydrazone groups is 1. The van der Waals surface area contributed by atoms with Gasteiger partial charge in [0.1, 0.15) is 5.70 Å². The number of rotatable bonds is 3. The molecule has 2 heterocycles. The monoisotopic (exact) mass is 329 g/mol. The summed E-state index contributed by atoms with van der Waals surface area (Å²) in [6.07, 6.45) is 1.90. The maximum absolute atomic E-state index is 12.0. The number of carbonyl (C=O) groups excluding carboxylic acids is 1. The lowest BCUT2D eigenvalue weighted by Gasteiger charge is -1.99. The largest absolute Gasteiger partial charge is 0.273 e. The molecule has 0 saturated heterocycles. The summed E-state index contributed by atoms with van der Waals surface area (Å²) in [5.41, 5.74) is 7.72. The van der Waals surface area contributed by atoms with Crippen LogP contribution in [0.25, 0.3) is 5.70 Å². The van der Waals surface area contributed by atoms with E-state index in [1.165, 1.54) is 0 Å². The van der Waals surface area contributed by atoms with Gasteiger partial charge in [0.2, 0.25) is 12.2 Å². The lowest BCUT2D eigenvalue weighted by molar-refractivity contribution is -0.492. The fourth-order valence-electron chi connectivity index (χ4n) is 2.92. The number of para-hydroxylation sites is 1. The second-order valence-corrected chi connectivity index (χ2v) is 5.93. The van der Waals surface area contributed by atoms with Gasteiger partial charge in [0.05, 0.1) is 16.9 Å². The zero-order valence-electron chi connectivity index (χ0n) is 13.8. The Morgan fingerprint density at radius 2 is 1.72 bits per heavy atom. The Morgan fingerprint density at radius 3 is 2.36 bits per heavy atom. The van der Waals surface area contributed by atoms with E-state index in [2.05, 4.69) is 10.5 Å². The van der Waals surface area contributed by atoms with E-state index in [9.17, 15) is 4.79 Å². The maximum atomic E-state index is 12.0. The molecule has 2 aromatic carbocycles. The predicted octanol–water partition coefficient (Wildman–Crippen LogP) is 3.64. The van der Waals surface area contributed by atoms with E-state index in [1.807, 2.05) is 78.4 Å². The molecule has 4 rings (SSSR count). The quantitative estimate of drug-likeness (QED) is 0.678. The van der Waals surface area contributed by atoms with Crippen LogP contribution >= 0.6 is 0 Å². The predicted molar refractivity (Wildman–Crippen MR) is 96.4 cm³/mol. The van der Waals surface area contributed by atoms with E-state index in [-0.39, 0.29) is 5.91 Å². The average molecular weight is 329 g/mol. The Kier molecular flexibility index (Phi) is 3.82. The number of nitrogens with zero attached hydrogens (tertiary/aromatic N) is 3. The fraction of sp³-hybridized carbons (Fsp3) is 0.100. The summed E-state index contributed by atoms with van der Waals surface area (Å²) < 4.78 is 1.95. The molecular formula is C20H17N4O+. The van der Waals surface area contributed by atoms with E-state index >= 15 is 0 Å². The third-order valence-corrected chi connectivity index (χ3v) is 4.22. The SMILES string of the molecule is CC1=NNC(=O)/C1=C\C1=C(c2ccccc2)N=[N+](c2ccccc2)C1. The van der Waals surface area contributed by atoms with E-state index in [0.29, 0.717) is 17.8 Å². The normalized spacial score (nSPS) is 18.4. The molecular weight excluding hydrogens is 312 g/mol. The van der Waals surface area contributed by atoms with Crippen LogP contribution in [0.2, 0.25) is 0 Å². The summed E-state index contributed by atoms with van der Waals surface area (Å²) in [5.74, 6) is -0.171.